The third kappa shape index (κ3) is 5.14. The number of thiazole rings is 1. The minimum absolute atomic E-state index is 0.0864. The molecule has 14 heteroatoms. The highest BCUT2D eigenvalue weighted by Crippen LogP contribution is 2.47. The Labute approximate surface area is 211 Å². The van der Waals surface area contributed by atoms with E-state index in [0.717, 1.165) is 28.3 Å². The van der Waals surface area contributed by atoms with Crippen molar-refractivity contribution in [2.45, 2.75) is 50.2 Å². The van der Waals surface area contributed by atoms with Crippen molar-refractivity contribution >= 4 is 23.0 Å². The van der Waals surface area contributed by atoms with Crippen LogP contribution in [-0.4, -0.2) is 25.1 Å². The number of benzene rings is 1. The van der Waals surface area contributed by atoms with E-state index in [1.807, 2.05) is 13.0 Å². The molecular formula is C23H20F3N7O3S. The highest BCUT2D eigenvalue weighted by Gasteiger charge is 2.42. The van der Waals surface area contributed by atoms with Crippen LogP contribution < -0.4 is 11.1 Å². The first kappa shape index (κ1) is 24.7. The second kappa shape index (κ2) is 9.50. The molecule has 10 nitrogen and oxygen atoms in total. The number of rotatable bonds is 6. The fraction of sp³-hybridized carbons (Fsp3) is 0.348. The molecule has 2 N–H and O–H groups in total. The maximum atomic E-state index is 13.0. The van der Waals surface area contributed by atoms with Gasteiger partial charge in [0.2, 0.25) is 11.8 Å². The lowest BCUT2D eigenvalue weighted by atomic mass is 9.77. The second-order valence-electron chi connectivity index (χ2n) is 8.85. The number of nitrogens with zero attached hydrogens (tertiary/aromatic N) is 5. The highest BCUT2D eigenvalue weighted by molar-refractivity contribution is 7.15. The van der Waals surface area contributed by atoms with Gasteiger partial charge in [-0.1, -0.05) is 11.2 Å². The lowest BCUT2D eigenvalue weighted by molar-refractivity contribution is -0.141. The number of anilines is 2. The monoisotopic (exact) mass is 531 g/mol. The summed E-state index contributed by atoms with van der Waals surface area (Å²) in [6.45, 7) is 1.85. The number of H-pyrrole nitrogens is 1. The summed E-state index contributed by atoms with van der Waals surface area (Å²) < 4.78 is 44.1. The molecule has 1 aromatic carbocycles. The summed E-state index contributed by atoms with van der Waals surface area (Å²) in [6.07, 6.45) is 0.101. The summed E-state index contributed by atoms with van der Waals surface area (Å²) in [5.41, 5.74) is 0.0963. The molecule has 3 aromatic heterocycles. The predicted octanol–water partition coefficient (Wildman–Crippen LogP) is 5.67. The lowest BCUT2D eigenvalue weighted by Gasteiger charge is -2.31. The second-order valence-corrected chi connectivity index (χ2v) is 9.88. The first-order valence-corrected chi connectivity index (χ1v) is 12.1. The van der Waals surface area contributed by atoms with Crippen LogP contribution in [0, 0.1) is 11.8 Å². The van der Waals surface area contributed by atoms with Crippen molar-refractivity contribution in [3.05, 3.63) is 74.3 Å². The zero-order valence-corrected chi connectivity index (χ0v) is 20.2. The largest absolute Gasteiger partial charge is 0.434 e. The Bertz CT molecular complexity index is 1490. The number of alkyl halides is 3. The van der Waals surface area contributed by atoms with E-state index in [0.29, 0.717) is 42.3 Å². The van der Waals surface area contributed by atoms with Gasteiger partial charge in [0, 0.05) is 24.0 Å². The van der Waals surface area contributed by atoms with E-state index in [1.165, 1.54) is 11.3 Å². The summed E-state index contributed by atoms with van der Waals surface area (Å²) in [7, 11) is 0. The van der Waals surface area contributed by atoms with Gasteiger partial charge in [-0.15, -0.1) is 21.3 Å². The maximum Gasteiger partial charge on any atom is 0.434 e. The average Bonchev–Trinajstić information content (AvgIpc) is 3.53. The van der Waals surface area contributed by atoms with Crippen molar-refractivity contribution in [3.8, 4) is 10.4 Å². The van der Waals surface area contributed by atoms with Crippen LogP contribution in [0.3, 0.4) is 0 Å². The van der Waals surface area contributed by atoms with E-state index in [2.05, 4.69) is 35.6 Å². The molecule has 0 amide bonds. The molecule has 0 spiro atoms. The van der Waals surface area contributed by atoms with Gasteiger partial charge in [-0.3, -0.25) is 0 Å². The lowest BCUT2D eigenvalue weighted by Crippen LogP contribution is -2.29. The number of hydrogen-bond donors (Lipinski definition) is 2. The molecule has 5 rings (SSSR count). The molecule has 1 aliphatic rings. The number of halogens is 3. The normalized spacial score (nSPS) is 20.1. The smallest absolute Gasteiger partial charge is 0.392 e. The summed E-state index contributed by atoms with van der Waals surface area (Å²) in [6, 6.07) is 6.23. The van der Waals surface area contributed by atoms with E-state index in [-0.39, 0.29) is 11.9 Å². The molecule has 0 bridgehead atoms. The summed E-state index contributed by atoms with van der Waals surface area (Å²) in [5.74, 6) is -0.549. The fourth-order valence-corrected chi connectivity index (χ4v) is 5.51. The van der Waals surface area contributed by atoms with Gasteiger partial charge >= 0.3 is 11.9 Å². The molecule has 0 unspecified atom stereocenters. The van der Waals surface area contributed by atoms with E-state index < -0.39 is 23.2 Å². The molecule has 0 radical (unpaired) electrons. The van der Waals surface area contributed by atoms with Crippen LogP contribution in [0.15, 0.2) is 51.0 Å². The van der Waals surface area contributed by atoms with Crippen LogP contribution in [0.2, 0.25) is 0 Å². The molecule has 1 aliphatic carbocycles. The molecule has 3 heterocycles. The number of hydrogen-bond acceptors (Lipinski definition) is 10. The average molecular weight is 532 g/mol. The summed E-state index contributed by atoms with van der Waals surface area (Å²) in [5, 5.41) is 13.0. The molecule has 4 aromatic rings. The standard InChI is InChI=1S/C23H20F3N7O3S/c1-12-8-14(10-15(9-12)29-20-27-7-4-17(30-20)23(24,25)26)16-11-28-19(37-16)22(33-35)5-2-13(3-6-22)18-31-32-21(34)36-18/h4,7-11,13H,2-3,5-6H2,1H3,(H,32,34)(H,27,29,30)/t13-,22+. The minimum atomic E-state index is -4.58. The van der Waals surface area contributed by atoms with Crippen LogP contribution >= 0.6 is 11.3 Å². The van der Waals surface area contributed by atoms with Gasteiger partial charge in [-0.05, 0) is 61.9 Å². The first-order chi connectivity index (χ1) is 17.6. The van der Waals surface area contributed by atoms with Gasteiger partial charge in [0.1, 0.15) is 10.7 Å². The maximum absolute atomic E-state index is 13.0. The van der Waals surface area contributed by atoms with Gasteiger partial charge < -0.3 is 9.73 Å². The van der Waals surface area contributed by atoms with Crippen molar-refractivity contribution < 1.29 is 17.6 Å². The number of nitrogens with one attached hydrogen (secondary N) is 2. The van der Waals surface area contributed by atoms with Crippen molar-refractivity contribution in [2.24, 2.45) is 5.18 Å². The van der Waals surface area contributed by atoms with Gasteiger partial charge in [0.25, 0.3) is 0 Å². The molecule has 1 saturated carbocycles. The molecule has 192 valence electrons. The molecule has 0 aliphatic heterocycles. The summed E-state index contributed by atoms with van der Waals surface area (Å²) >= 11 is 1.34. The molecule has 0 saturated heterocycles. The van der Waals surface area contributed by atoms with Crippen molar-refractivity contribution in [3.63, 3.8) is 0 Å². The number of aryl methyl sites for hydroxylation is 1. The van der Waals surface area contributed by atoms with Crippen LogP contribution in [0.1, 0.15) is 53.8 Å². The molecular weight excluding hydrogens is 511 g/mol. The first-order valence-electron chi connectivity index (χ1n) is 11.3. The predicted molar refractivity (Wildman–Crippen MR) is 128 cm³/mol. The Kier molecular flexibility index (Phi) is 6.35. The topological polar surface area (TPSA) is 139 Å². The van der Waals surface area contributed by atoms with Crippen LogP contribution in [0.5, 0.6) is 0 Å². The van der Waals surface area contributed by atoms with Gasteiger partial charge in [0.15, 0.2) is 5.54 Å². The Balaban J connectivity index is 1.36. The minimum Gasteiger partial charge on any atom is -0.392 e. The SMILES string of the molecule is Cc1cc(Nc2nccc(C(F)(F)F)n2)cc(-c2cnc([C@]3(N=O)CC[C@@H](c4n[nH]c(=O)o4)CC3)s2)c1. The number of aromatic amines is 1. The Morgan fingerprint density at radius 2 is 2.00 bits per heavy atom. The van der Waals surface area contributed by atoms with Gasteiger partial charge in [0.05, 0.1) is 4.88 Å². The van der Waals surface area contributed by atoms with E-state index >= 15 is 0 Å². The number of nitroso groups, excluding NO2 is 1. The Morgan fingerprint density at radius 1 is 1.22 bits per heavy atom. The van der Waals surface area contributed by atoms with Gasteiger partial charge in [-0.25, -0.2) is 24.8 Å². The van der Waals surface area contributed by atoms with Crippen LogP contribution in [0.4, 0.5) is 24.8 Å². The quantitative estimate of drug-likeness (QED) is 0.304. The molecule has 0 atom stereocenters. The third-order valence-electron chi connectivity index (χ3n) is 6.26. The van der Waals surface area contributed by atoms with Crippen molar-refractivity contribution in [1.82, 2.24) is 25.1 Å². The summed E-state index contributed by atoms with van der Waals surface area (Å²) in [4.78, 5) is 36.0. The van der Waals surface area contributed by atoms with E-state index in [1.54, 1.807) is 18.3 Å². The zero-order valence-electron chi connectivity index (χ0n) is 19.4. The van der Waals surface area contributed by atoms with E-state index in [4.69, 9.17) is 4.42 Å². The Morgan fingerprint density at radius 3 is 2.68 bits per heavy atom. The molecule has 37 heavy (non-hydrogen) atoms. The van der Waals surface area contributed by atoms with Gasteiger partial charge in [-0.2, -0.15) is 13.2 Å². The van der Waals surface area contributed by atoms with Crippen LogP contribution in [0.25, 0.3) is 10.4 Å². The zero-order chi connectivity index (χ0) is 26.2. The Hall–Kier alpha value is -3.94. The fourth-order valence-electron chi connectivity index (χ4n) is 4.43. The number of aromatic nitrogens is 5. The van der Waals surface area contributed by atoms with E-state index in [9.17, 15) is 22.9 Å². The highest BCUT2D eigenvalue weighted by atomic mass is 32.1. The van der Waals surface area contributed by atoms with Crippen molar-refractivity contribution in [2.75, 3.05) is 5.32 Å². The van der Waals surface area contributed by atoms with Crippen molar-refractivity contribution in [1.29, 1.82) is 0 Å². The van der Waals surface area contributed by atoms with Crippen LogP contribution in [-0.2, 0) is 11.7 Å². The third-order valence-corrected chi connectivity index (χ3v) is 7.50. The molecule has 1 fully saturated rings.